The number of aliphatic hydroxyl groups is 1. The van der Waals surface area contributed by atoms with E-state index in [4.69, 9.17) is 5.11 Å². The van der Waals surface area contributed by atoms with Crippen molar-refractivity contribution in [2.24, 2.45) is 0 Å². The molecule has 0 bridgehead atoms. The highest BCUT2D eigenvalue weighted by Crippen LogP contribution is 1.67. The van der Waals surface area contributed by atoms with Crippen LogP contribution in [0.4, 0.5) is 0 Å². The lowest BCUT2D eigenvalue weighted by molar-refractivity contribution is -0.732. The molecule has 0 atom stereocenters. The summed E-state index contributed by atoms with van der Waals surface area (Å²) in [6, 6.07) is 1.76. The van der Waals surface area contributed by atoms with Gasteiger partial charge in [-0.2, -0.15) is 0 Å². The predicted octanol–water partition coefficient (Wildman–Crippen LogP) is -0.681. The molecule has 42 valence electrons. The number of hydrogen-bond acceptors (Lipinski definition) is 2. The Hall–Kier alpha value is -0.960. The van der Waals surface area contributed by atoms with Crippen LogP contribution >= 0.6 is 0 Å². The minimum atomic E-state index is -0.00611. The molecule has 3 nitrogen and oxygen atoms in total. The first-order valence-corrected chi connectivity index (χ1v) is 2.33. The monoisotopic (exact) mass is 111 g/mol. The molecule has 0 aliphatic carbocycles. The smallest absolute Gasteiger partial charge is 0.287 e. The molecular formula is C5H7N2O+. The Balaban J connectivity index is 2.83. The molecule has 0 radical (unpaired) electrons. The van der Waals surface area contributed by atoms with Gasteiger partial charge in [0, 0.05) is 6.07 Å². The number of aliphatic hydroxyl groups excluding tert-OH is 1. The number of aromatic nitrogens is 2. The molecule has 0 saturated carbocycles. The molecule has 0 unspecified atom stereocenters. The first-order valence-electron chi connectivity index (χ1n) is 2.33. The lowest BCUT2D eigenvalue weighted by atomic mass is 10.7. The highest BCUT2D eigenvalue weighted by molar-refractivity contribution is 4.68. The third kappa shape index (κ3) is 1.01. The van der Waals surface area contributed by atoms with Crippen LogP contribution in [0.2, 0.25) is 0 Å². The fourth-order valence-electron chi connectivity index (χ4n) is 0.445. The Morgan fingerprint density at radius 3 is 2.88 bits per heavy atom. The molecule has 0 amide bonds. The van der Waals surface area contributed by atoms with Gasteiger partial charge in [0.1, 0.15) is 6.20 Å². The average Bonchev–Trinajstić information content (AvgIpc) is 1.90. The quantitative estimate of drug-likeness (QED) is 0.487. The summed E-state index contributed by atoms with van der Waals surface area (Å²) >= 11 is 0. The number of rotatable bonds is 1. The second-order valence-electron chi connectivity index (χ2n) is 1.41. The summed E-state index contributed by atoms with van der Waals surface area (Å²) in [7, 11) is 0. The van der Waals surface area contributed by atoms with Crippen LogP contribution in [0.1, 0.15) is 0 Å². The van der Waals surface area contributed by atoms with Gasteiger partial charge in [0.15, 0.2) is 6.73 Å². The Bertz CT molecular complexity index is 152. The minimum absolute atomic E-state index is 0.00611. The Morgan fingerprint density at radius 1 is 1.62 bits per heavy atom. The summed E-state index contributed by atoms with van der Waals surface area (Å²) < 4.78 is 1.57. The van der Waals surface area contributed by atoms with E-state index in [-0.39, 0.29) is 6.73 Å². The van der Waals surface area contributed by atoms with Crippen LogP contribution in [0, 0.1) is 0 Å². The standard InChI is InChI=1S/C5H7N2O/c8-5-7-3-1-2-6-4-7/h1-4,8H,5H2/q+1. The van der Waals surface area contributed by atoms with Gasteiger partial charge < -0.3 is 5.11 Å². The van der Waals surface area contributed by atoms with Crippen LogP contribution in [-0.2, 0) is 6.73 Å². The van der Waals surface area contributed by atoms with E-state index in [2.05, 4.69) is 4.98 Å². The summed E-state index contributed by atoms with van der Waals surface area (Å²) in [4.78, 5) is 3.76. The Labute approximate surface area is 47.2 Å². The van der Waals surface area contributed by atoms with Crippen molar-refractivity contribution in [3.05, 3.63) is 24.8 Å². The maximum atomic E-state index is 8.46. The molecular weight excluding hydrogens is 104 g/mol. The fraction of sp³-hybridized carbons (Fsp3) is 0.200. The van der Waals surface area contributed by atoms with Crippen LogP contribution in [0.15, 0.2) is 24.8 Å². The van der Waals surface area contributed by atoms with E-state index in [0.717, 1.165) is 0 Å². The third-order valence-corrected chi connectivity index (χ3v) is 0.828. The van der Waals surface area contributed by atoms with Crippen molar-refractivity contribution in [2.45, 2.75) is 6.73 Å². The lowest BCUT2D eigenvalue weighted by Gasteiger charge is -1.85. The lowest BCUT2D eigenvalue weighted by Crippen LogP contribution is -2.32. The largest absolute Gasteiger partial charge is 0.358 e. The second kappa shape index (κ2) is 2.37. The van der Waals surface area contributed by atoms with Gasteiger partial charge >= 0.3 is 0 Å². The molecule has 0 aliphatic heterocycles. The van der Waals surface area contributed by atoms with E-state index in [1.54, 1.807) is 29.4 Å². The number of nitrogens with zero attached hydrogens (tertiary/aromatic N) is 2. The highest BCUT2D eigenvalue weighted by Gasteiger charge is 1.87. The summed E-state index contributed by atoms with van der Waals surface area (Å²) in [5.74, 6) is 0. The van der Waals surface area contributed by atoms with Crippen LogP contribution in [0.5, 0.6) is 0 Å². The van der Waals surface area contributed by atoms with E-state index in [1.807, 2.05) is 0 Å². The molecule has 0 fully saturated rings. The van der Waals surface area contributed by atoms with E-state index in [9.17, 15) is 0 Å². The maximum absolute atomic E-state index is 8.46. The predicted molar refractivity (Wildman–Crippen MR) is 26.7 cm³/mol. The molecule has 1 rings (SSSR count). The van der Waals surface area contributed by atoms with E-state index in [0.29, 0.717) is 0 Å². The van der Waals surface area contributed by atoms with Gasteiger partial charge in [-0.05, 0) is 0 Å². The van der Waals surface area contributed by atoms with Crippen molar-refractivity contribution >= 4 is 0 Å². The van der Waals surface area contributed by atoms with Crippen LogP contribution in [0.3, 0.4) is 0 Å². The van der Waals surface area contributed by atoms with Crippen LogP contribution in [-0.4, -0.2) is 10.1 Å². The SMILES string of the molecule is OC[n+]1cccnc1. The maximum Gasteiger partial charge on any atom is 0.287 e. The van der Waals surface area contributed by atoms with E-state index >= 15 is 0 Å². The molecule has 0 spiro atoms. The molecule has 8 heavy (non-hydrogen) atoms. The minimum Gasteiger partial charge on any atom is -0.358 e. The van der Waals surface area contributed by atoms with Crippen molar-refractivity contribution < 1.29 is 9.67 Å². The molecule has 3 heteroatoms. The molecule has 0 aromatic carbocycles. The van der Waals surface area contributed by atoms with Crippen molar-refractivity contribution in [2.75, 3.05) is 0 Å². The second-order valence-corrected chi connectivity index (χ2v) is 1.41. The zero-order chi connectivity index (χ0) is 5.82. The van der Waals surface area contributed by atoms with Crippen molar-refractivity contribution in [3.8, 4) is 0 Å². The van der Waals surface area contributed by atoms with Gasteiger partial charge in [-0.15, -0.1) is 0 Å². The zero-order valence-corrected chi connectivity index (χ0v) is 4.36. The average molecular weight is 111 g/mol. The zero-order valence-electron chi connectivity index (χ0n) is 4.36. The normalized spacial score (nSPS) is 9.12. The van der Waals surface area contributed by atoms with Gasteiger partial charge in [0.05, 0.1) is 6.20 Å². The first kappa shape index (κ1) is 5.18. The van der Waals surface area contributed by atoms with Crippen LogP contribution in [0.25, 0.3) is 0 Å². The van der Waals surface area contributed by atoms with Gasteiger partial charge in [-0.25, -0.2) is 4.57 Å². The summed E-state index contributed by atoms with van der Waals surface area (Å²) in [6.07, 6.45) is 4.96. The topological polar surface area (TPSA) is 37.0 Å². The van der Waals surface area contributed by atoms with Gasteiger partial charge in [-0.1, -0.05) is 4.98 Å². The van der Waals surface area contributed by atoms with Crippen molar-refractivity contribution in [1.29, 1.82) is 0 Å². The third-order valence-electron chi connectivity index (χ3n) is 0.828. The molecule has 1 heterocycles. The molecule has 1 N–H and O–H groups in total. The molecule has 0 saturated heterocycles. The summed E-state index contributed by atoms with van der Waals surface area (Å²) in [5, 5.41) is 8.46. The van der Waals surface area contributed by atoms with E-state index in [1.165, 1.54) is 0 Å². The summed E-state index contributed by atoms with van der Waals surface area (Å²) in [5.41, 5.74) is 0. The van der Waals surface area contributed by atoms with Gasteiger partial charge in [0.2, 0.25) is 0 Å². The van der Waals surface area contributed by atoms with Gasteiger partial charge in [0.25, 0.3) is 6.33 Å². The van der Waals surface area contributed by atoms with Crippen molar-refractivity contribution in [3.63, 3.8) is 0 Å². The van der Waals surface area contributed by atoms with E-state index < -0.39 is 0 Å². The van der Waals surface area contributed by atoms with Crippen LogP contribution < -0.4 is 4.57 Å². The Morgan fingerprint density at radius 2 is 2.50 bits per heavy atom. The number of hydrogen-bond donors (Lipinski definition) is 1. The molecule has 0 aliphatic rings. The van der Waals surface area contributed by atoms with Gasteiger partial charge in [-0.3, -0.25) is 0 Å². The molecule has 1 aromatic heterocycles. The highest BCUT2D eigenvalue weighted by atomic mass is 16.3. The Kier molecular flexibility index (Phi) is 1.54. The summed E-state index contributed by atoms with van der Waals surface area (Å²) in [6.45, 7) is -0.00611. The van der Waals surface area contributed by atoms with Crippen molar-refractivity contribution in [1.82, 2.24) is 4.98 Å². The molecule has 1 aromatic rings. The first-order chi connectivity index (χ1) is 3.93. The fourth-order valence-corrected chi connectivity index (χ4v) is 0.445.